The zero-order valence-corrected chi connectivity index (χ0v) is 23.8. The predicted octanol–water partition coefficient (Wildman–Crippen LogP) is 5.60. The van der Waals surface area contributed by atoms with Crippen LogP contribution in [0.3, 0.4) is 0 Å². The minimum atomic E-state index is -5.08. The van der Waals surface area contributed by atoms with Gasteiger partial charge in [-0.15, -0.1) is 0 Å². The Morgan fingerprint density at radius 2 is 1.70 bits per heavy atom. The summed E-state index contributed by atoms with van der Waals surface area (Å²) in [4.78, 5) is 37.7. The highest BCUT2D eigenvalue weighted by Gasteiger charge is 2.66. The summed E-state index contributed by atoms with van der Waals surface area (Å²) in [6, 6.07) is 8.71. The number of carbonyl (C=O) groups excluding carboxylic acids is 2. The summed E-state index contributed by atoms with van der Waals surface area (Å²) in [6.45, 7) is 6.23. The molecule has 0 radical (unpaired) electrons. The van der Waals surface area contributed by atoms with Crippen LogP contribution in [0.4, 0.5) is 23.2 Å². The fraction of sp³-hybridized carbons (Fsp3) is 0.444. The van der Waals surface area contributed by atoms with Crippen molar-refractivity contribution in [2.45, 2.75) is 56.8 Å². The SMILES string of the molecule is CN(C)C(=O)[C@@H]1N[C@H](CC(C)(C)C)[C@]2(C(=O)Nc3cc(Cl)ccc32)[C@H]1c1cccc(Cl)c1F.O=C(O)C(F)(F)F. The van der Waals surface area contributed by atoms with E-state index in [1.165, 1.54) is 11.0 Å². The quantitative estimate of drug-likeness (QED) is 0.395. The normalized spacial score (nSPS) is 23.8. The number of aliphatic carboxylic acids is 1. The van der Waals surface area contributed by atoms with Crippen LogP contribution in [0.15, 0.2) is 36.4 Å². The molecule has 0 unspecified atom stereocenters. The van der Waals surface area contributed by atoms with Crippen molar-refractivity contribution in [3.8, 4) is 0 Å². The smallest absolute Gasteiger partial charge is 0.475 e. The molecule has 2 aliphatic heterocycles. The Balaban J connectivity index is 0.000000559. The van der Waals surface area contributed by atoms with Crippen molar-refractivity contribution >= 4 is 46.7 Å². The molecular weight excluding hydrogens is 577 g/mol. The Morgan fingerprint density at radius 3 is 2.23 bits per heavy atom. The summed E-state index contributed by atoms with van der Waals surface area (Å²) in [5.74, 6) is -4.70. The number of alkyl halides is 3. The summed E-state index contributed by atoms with van der Waals surface area (Å²) in [5, 5.41) is 14.0. The molecule has 2 aliphatic rings. The van der Waals surface area contributed by atoms with Gasteiger partial charge in [0.15, 0.2) is 0 Å². The maximum absolute atomic E-state index is 15.5. The van der Waals surface area contributed by atoms with Gasteiger partial charge in [0.2, 0.25) is 11.8 Å². The second kappa shape index (κ2) is 11.2. The van der Waals surface area contributed by atoms with Crippen LogP contribution in [0.5, 0.6) is 0 Å². The predicted molar refractivity (Wildman–Crippen MR) is 143 cm³/mol. The first-order valence-electron chi connectivity index (χ1n) is 12.1. The number of amides is 2. The Labute approximate surface area is 238 Å². The van der Waals surface area contributed by atoms with Crippen LogP contribution in [0.2, 0.25) is 10.0 Å². The van der Waals surface area contributed by atoms with Crippen LogP contribution < -0.4 is 10.6 Å². The molecule has 1 fully saturated rings. The minimum Gasteiger partial charge on any atom is -0.475 e. The number of carboxylic acid groups (broad SMARTS) is 1. The van der Waals surface area contributed by atoms with E-state index in [2.05, 4.69) is 31.4 Å². The van der Waals surface area contributed by atoms with Gasteiger partial charge in [-0.2, -0.15) is 13.2 Å². The van der Waals surface area contributed by atoms with Gasteiger partial charge in [0.05, 0.1) is 11.1 Å². The molecule has 0 aliphatic carbocycles. The average molecular weight is 606 g/mol. The fourth-order valence-corrected chi connectivity index (χ4v) is 5.77. The van der Waals surface area contributed by atoms with Gasteiger partial charge in [0.1, 0.15) is 11.2 Å². The monoisotopic (exact) mass is 605 g/mol. The second-order valence-corrected chi connectivity index (χ2v) is 12.0. The third-order valence-electron chi connectivity index (χ3n) is 6.89. The third kappa shape index (κ3) is 5.91. The highest BCUT2D eigenvalue weighted by atomic mass is 35.5. The molecule has 2 aromatic rings. The van der Waals surface area contributed by atoms with Crippen LogP contribution >= 0.6 is 23.2 Å². The Kier molecular flexibility index (Phi) is 8.84. The molecule has 2 amide bonds. The van der Waals surface area contributed by atoms with Gasteiger partial charge < -0.3 is 20.6 Å². The zero-order valence-electron chi connectivity index (χ0n) is 22.3. The number of nitrogens with one attached hydrogen (secondary N) is 2. The van der Waals surface area contributed by atoms with E-state index in [9.17, 15) is 22.8 Å². The van der Waals surface area contributed by atoms with Gasteiger partial charge in [-0.25, -0.2) is 9.18 Å². The number of likely N-dealkylation sites (N-methyl/N-ethyl adjacent to an activating group) is 1. The number of rotatable bonds is 3. The number of carboxylic acids is 1. The van der Waals surface area contributed by atoms with E-state index in [0.29, 0.717) is 22.7 Å². The van der Waals surface area contributed by atoms with Gasteiger partial charge in [-0.3, -0.25) is 9.59 Å². The van der Waals surface area contributed by atoms with Crippen molar-refractivity contribution in [3.63, 3.8) is 0 Å². The summed E-state index contributed by atoms with van der Waals surface area (Å²) >= 11 is 12.4. The number of fused-ring (bicyclic) bond motifs is 2. The molecule has 218 valence electrons. The molecule has 2 heterocycles. The van der Waals surface area contributed by atoms with Crippen molar-refractivity contribution < 1.29 is 37.1 Å². The molecular formula is C27H29Cl2F4N3O4. The van der Waals surface area contributed by atoms with Crippen LogP contribution in [-0.2, 0) is 19.8 Å². The lowest BCUT2D eigenvalue weighted by molar-refractivity contribution is -0.192. The first-order valence-corrected chi connectivity index (χ1v) is 12.9. The summed E-state index contributed by atoms with van der Waals surface area (Å²) in [5.41, 5.74) is 0.128. The van der Waals surface area contributed by atoms with E-state index in [1.54, 1.807) is 38.4 Å². The van der Waals surface area contributed by atoms with Crippen molar-refractivity contribution in [3.05, 3.63) is 63.4 Å². The number of hydrogen-bond acceptors (Lipinski definition) is 4. The molecule has 0 saturated carbocycles. The van der Waals surface area contributed by atoms with Gasteiger partial charge in [-0.05, 0) is 41.2 Å². The Morgan fingerprint density at radius 1 is 1.10 bits per heavy atom. The standard InChI is InChI=1S/C25H28Cl2FN3O2.C2HF3O2/c1-24(2,3)12-18-25(15-10-9-13(26)11-17(15)29-23(25)33)19(21(30-18)22(32)31(4)5)14-7-6-8-16(27)20(14)28;3-2(4,5)1(6)7/h6-11,18-19,21,30H,12H2,1-5H3,(H,29,33);(H,6,7)/t18-,19+,21-,25+;/m1./s1. The number of halogens is 6. The molecule has 13 heteroatoms. The van der Waals surface area contributed by atoms with Crippen molar-refractivity contribution in [2.75, 3.05) is 19.4 Å². The lowest BCUT2D eigenvalue weighted by atomic mass is 9.62. The molecule has 2 aromatic carbocycles. The maximum atomic E-state index is 15.5. The minimum absolute atomic E-state index is 0.0484. The van der Waals surface area contributed by atoms with Gasteiger partial charge in [0, 0.05) is 36.8 Å². The molecule has 1 saturated heterocycles. The van der Waals surface area contributed by atoms with E-state index in [0.717, 1.165) is 0 Å². The van der Waals surface area contributed by atoms with E-state index in [4.69, 9.17) is 33.1 Å². The van der Waals surface area contributed by atoms with E-state index >= 15 is 4.39 Å². The lowest BCUT2D eigenvalue weighted by Crippen LogP contribution is -2.49. The third-order valence-corrected chi connectivity index (χ3v) is 7.41. The summed E-state index contributed by atoms with van der Waals surface area (Å²) < 4.78 is 47.3. The van der Waals surface area contributed by atoms with Crippen molar-refractivity contribution in [1.29, 1.82) is 0 Å². The summed E-state index contributed by atoms with van der Waals surface area (Å²) in [6.07, 6.45) is -4.50. The highest BCUT2D eigenvalue weighted by molar-refractivity contribution is 6.31. The number of nitrogens with zero attached hydrogens (tertiary/aromatic N) is 1. The van der Waals surface area contributed by atoms with Gasteiger partial charge in [-0.1, -0.05) is 62.2 Å². The number of anilines is 1. The average Bonchev–Trinajstić information content (AvgIpc) is 3.28. The molecule has 4 rings (SSSR count). The molecule has 3 N–H and O–H groups in total. The molecule has 40 heavy (non-hydrogen) atoms. The van der Waals surface area contributed by atoms with Gasteiger partial charge in [0.25, 0.3) is 0 Å². The van der Waals surface area contributed by atoms with E-state index < -0.39 is 41.4 Å². The molecule has 4 atom stereocenters. The van der Waals surface area contributed by atoms with Crippen LogP contribution in [0.1, 0.15) is 44.2 Å². The second-order valence-electron chi connectivity index (χ2n) is 11.1. The van der Waals surface area contributed by atoms with E-state index in [-0.39, 0.29) is 27.8 Å². The molecule has 7 nitrogen and oxygen atoms in total. The topological polar surface area (TPSA) is 98.7 Å². The van der Waals surface area contributed by atoms with Gasteiger partial charge >= 0.3 is 12.1 Å². The first-order chi connectivity index (χ1) is 18.3. The van der Waals surface area contributed by atoms with Crippen molar-refractivity contribution in [1.82, 2.24) is 10.2 Å². The zero-order chi connectivity index (χ0) is 30.4. The number of benzene rings is 2. The van der Waals surface area contributed by atoms with Crippen LogP contribution in [0.25, 0.3) is 0 Å². The van der Waals surface area contributed by atoms with Crippen LogP contribution in [0, 0.1) is 11.2 Å². The van der Waals surface area contributed by atoms with Crippen LogP contribution in [-0.4, -0.2) is 60.1 Å². The highest BCUT2D eigenvalue weighted by Crippen LogP contribution is 2.57. The number of carbonyl (C=O) groups is 3. The Hall–Kier alpha value is -2.89. The number of hydrogen-bond donors (Lipinski definition) is 3. The molecule has 0 bridgehead atoms. The summed E-state index contributed by atoms with van der Waals surface area (Å²) in [7, 11) is 3.31. The molecule has 0 aromatic heterocycles. The molecule has 1 spiro atoms. The fourth-order valence-electron chi connectivity index (χ4n) is 5.42. The first kappa shape index (κ1) is 31.6. The largest absolute Gasteiger partial charge is 0.490 e. The lowest BCUT2D eigenvalue weighted by Gasteiger charge is -2.37. The van der Waals surface area contributed by atoms with Crippen molar-refractivity contribution in [2.24, 2.45) is 5.41 Å². The maximum Gasteiger partial charge on any atom is 0.490 e. The van der Waals surface area contributed by atoms with E-state index in [1.807, 2.05) is 6.07 Å². The Bertz CT molecular complexity index is 1330.